The molecule has 1 heterocycles. The van der Waals surface area contributed by atoms with Gasteiger partial charge in [-0.15, -0.1) is 0 Å². The van der Waals surface area contributed by atoms with Gasteiger partial charge in [-0.2, -0.15) is 0 Å². The molecule has 0 saturated heterocycles. The average Bonchev–Trinajstić information content (AvgIpc) is 2.30. The summed E-state index contributed by atoms with van der Waals surface area (Å²) in [5.41, 5.74) is 4.82. The molecule has 1 aromatic carbocycles. The second kappa shape index (κ2) is 4.36. The van der Waals surface area contributed by atoms with Crippen LogP contribution in [0.5, 0.6) is 0 Å². The normalized spacial score (nSPS) is 17.2. The SMILES string of the molecule is CCc1c(C)nc(C2Cc3ccccc32)nc1Cl. The highest BCUT2D eigenvalue weighted by molar-refractivity contribution is 6.30. The lowest BCUT2D eigenvalue weighted by Crippen LogP contribution is -2.21. The molecule has 3 heteroatoms. The first-order valence-electron chi connectivity index (χ1n) is 6.31. The Morgan fingerprint density at radius 3 is 2.72 bits per heavy atom. The Labute approximate surface area is 112 Å². The molecule has 92 valence electrons. The topological polar surface area (TPSA) is 25.8 Å². The summed E-state index contributed by atoms with van der Waals surface area (Å²) in [4.78, 5) is 9.11. The van der Waals surface area contributed by atoms with Crippen LogP contribution in [0.3, 0.4) is 0 Å². The van der Waals surface area contributed by atoms with E-state index in [1.165, 1.54) is 11.1 Å². The van der Waals surface area contributed by atoms with Crippen molar-refractivity contribution < 1.29 is 0 Å². The van der Waals surface area contributed by atoms with E-state index < -0.39 is 0 Å². The van der Waals surface area contributed by atoms with Crippen LogP contribution in [-0.4, -0.2) is 9.97 Å². The van der Waals surface area contributed by atoms with Crippen LogP contribution in [0.15, 0.2) is 24.3 Å². The molecule has 0 radical (unpaired) electrons. The maximum Gasteiger partial charge on any atom is 0.138 e. The molecule has 0 amide bonds. The van der Waals surface area contributed by atoms with Crippen molar-refractivity contribution in [2.75, 3.05) is 0 Å². The fraction of sp³-hybridized carbons (Fsp3) is 0.333. The van der Waals surface area contributed by atoms with Gasteiger partial charge in [-0.1, -0.05) is 42.8 Å². The van der Waals surface area contributed by atoms with Gasteiger partial charge in [-0.05, 0) is 30.9 Å². The molecule has 2 aromatic rings. The van der Waals surface area contributed by atoms with Gasteiger partial charge in [0.05, 0.1) is 0 Å². The second-order valence-corrected chi connectivity index (χ2v) is 5.10. The largest absolute Gasteiger partial charge is 0.237 e. The van der Waals surface area contributed by atoms with Crippen LogP contribution in [0.4, 0.5) is 0 Å². The Kier molecular flexibility index (Phi) is 2.83. The summed E-state index contributed by atoms with van der Waals surface area (Å²) in [6.45, 7) is 4.09. The third kappa shape index (κ3) is 1.72. The van der Waals surface area contributed by atoms with Gasteiger partial charge in [-0.25, -0.2) is 9.97 Å². The van der Waals surface area contributed by atoms with E-state index >= 15 is 0 Å². The zero-order valence-corrected chi connectivity index (χ0v) is 11.3. The number of hydrogen-bond donors (Lipinski definition) is 0. The van der Waals surface area contributed by atoms with Gasteiger partial charge in [0.15, 0.2) is 0 Å². The van der Waals surface area contributed by atoms with Crippen molar-refractivity contribution in [2.24, 2.45) is 0 Å². The molecule has 3 rings (SSSR count). The van der Waals surface area contributed by atoms with Gasteiger partial charge in [0.25, 0.3) is 0 Å². The standard InChI is InChI=1S/C15H15ClN2/c1-3-11-9(2)17-15(18-14(11)16)13-8-10-6-4-5-7-12(10)13/h4-7,13H,3,8H2,1-2H3. The summed E-state index contributed by atoms with van der Waals surface area (Å²) in [7, 11) is 0. The number of benzene rings is 1. The summed E-state index contributed by atoms with van der Waals surface area (Å²) in [5, 5.41) is 0.615. The molecule has 0 saturated carbocycles. The molecule has 0 N–H and O–H groups in total. The Hall–Kier alpha value is -1.41. The van der Waals surface area contributed by atoms with E-state index in [4.69, 9.17) is 11.6 Å². The lowest BCUT2D eigenvalue weighted by molar-refractivity contribution is 0.654. The molecule has 18 heavy (non-hydrogen) atoms. The molecular formula is C15H15ClN2. The smallest absolute Gasteiger partial charge is 0.138 e. The number of aromatic nitrogens is 2. The molecular weight excluding hydrogens is 244 g/mol. The Morgan fingerprint density at radius 1 is 1.28 bits per heavy atom. The van der Waals surface area contributed by atoms with Crippen molar-refractivity contribution in [3.63, 3.8) is 0 Å². The minimum absolute atomic E-state index is 0.323. The Bertz CT molecular complexity index is 584. The minimum Gasteiger partial charge on any atom is -0.237 e. The highest BCUT2D eigenvalue weighted by Crippen LogP contribution is 2.39. The van der Waals surface area contributed by atoms with Gasteiger partial charge in [0.2, 0.25) is 0 Å². The van der Waals surface area contributed by atoms with Gasteiger partial charge < -0.3 is 0 Å². The van der Waals surface area contributed by atoms with Gasteiger partial charge >= 0.3 is 0 Å². The number of rotatable bonds is 2. The van der Waals surface area contributed by atoms with Crippen LogP contribution < -0.4 is 0 Å². The van der Waals surface area contributed by atoms with Crippen LogP contribution in [0.1, 0.15) is 41.1 Å². The summed E-state index contributed by atoms with van der Waals surface area (Å²) >= 11 is 6.24. The number of nitrogens with zero attached hydrogens (tertiary/aromatic N) is 2. The van der Waals surface area contributed by atoms with Crippen molar-refractivity contribution in [3.05, 3.63) is 57.6 Å². The summed E-state index contributed by atoms with van der Waals surface area (Å²) in [6.07, 6.45) is 1.91. The second-order valence-electron chi connectivity index (χ2n) is 4.75. The zero-order chi connectivity index (χ0) is 12.7. The van der Waals surface area contributed by atoms with E-state index in [1.54, 1.807) is 0 Å². The van der Waals surface area contributed by atoms with Crippen LogP contribution >= 0.6 is 11.6 Å². The van der Waals surface area contributed by atoms with E-state index in [9.17, 15) is 0 Å². The molecule has 2 nitrogen and oxygen atoms in total. The molecule has 1 aliphatic rings. The first-order chi connectivity index (χ1) is 8.70. The number of hydrogen-bond acceptors (Lipinski definition) is 2. The van der Waals surface area contributed by atoms with E-state index in [2.05, 4.69) is 41.2 Å². The quantitative estimate of drug-likeness (QED) is 0.768. The number of aryl methyl sites for hydroxylation is 1. The van der Waals surface area contributed by atoms with Gasteiger partial charge in [-0.3, -0.25) is 0 Å². The van der Waals surface area contributed by atoms with E-state index in [1.807, 2.05) is 6.92 Å². The first-order valence-corrected chi connectivity index (χ1v) is 6.69. The Balaban J connectivity index is 2.01. The molecule has 0 spiro atoms. The highest BCUT2D eigenvalue weighted by Gasteiger charge is 2.30. The van der Waals surface area contributed by atoms with E-state index in [0.717, 1.165) is 29.9 Å². The summed E-state index contributed by atoms with van der Waals surface area (Å²) in [6, 6.07) is 8.47. The lowest BCUT2D eigenvalue weighted by atomic mass is 9.77. The molecule has 1 aliphatic carbocycles. The van der Waals surface area contributed by atoms with Crippen molar-refractivity contribution >= 4 is 11.6 Å². The van der Waals surface area contributed by atoms with E-state index in [-0.39, 0.29) is 0 Å². The minimum atomic E-state index is 0.323. The fourth-order valence-electron chi connectivity index (χ4n) is 2.63. The monoisotopic (exact) mass is 258 g/mol. The van der Waals surface area contributed by atoms with Crippen LogP contribution in [-0.2, 0) is 12.8 Å². The molecule has 1 unspecified atom stereocenters. The summed E-state index contributed by atoms with van der Waals surface area (Å²) < 4.78 is 0. The number of fused-ring (bicyclic) bond motifs is 1. The van der Waals surface area contributed by atoms with Gasteiger partial charge in [0.1, 0.15) is 11.0 Å². The first kappa shape index (κ1) is 11.7. The molecule has 0 fully saturated rings. The van der Waals surface area contributed by atoms with Crippen LogP contribution in [0, 0.1) is 6.92 Å². The Morgan fingerprint density at radius 2 is 2.06 bits per heavy atom. The summed E-state index contributed by atoms with van der Waals surface area (Å²) in [5.74, 6) is 1.19. The molecule has 0 bridgehead atoms. The predicted molar refractivity (Wildman–Crippen MR) is 73.1 cm³/mol. The lowest BCUT2D eigenvalue weighted by Gasteiger charge is -2.29. The zero-order valence-electron chi connectivity index (χ0n) is 10.6. The predicted octanol–water partition coefficient (Wildman–Crippen LogP) is 3.69. The van der Waals surface area contributed by atoms with E-state index in [0.29, 0.717) is 11.1 Å². The van der Waals surface area contributed by atoms with Crippen LogP contribution in [0.25, 0.3) is 0 Å². The molecule has 1 atom stereocenters. The highest BCUT2D eigenvalue weighted by atomic mass is 35.5. The molecule has 1 aromatic heterocycles. The van der Waals surface area contributed by atoms with Gasteiger partial charge in [0, 0.05) is 17.2 Å². The maximum absolute atomic E-state index is 6.24. The van der Waals surface area contributed by atoms with Crippen molar-refractivity contribution in [1.82, 2.24) is 9.97 Å². The number of halogens is 1. The van der Waals surface area contributed by atoms with Crippen molar-refractivity contribution in [2.45, 2.75) is 32.6 Å². The van der Waals surface area contributed by atoms with Crippen LogP contribution in [0.2, 0.25) is 5.15 Å². The third-order valence-electron chi connectivity index (χ3n) is 3.70. The van der Waals surface area contributed by atoms with Crippen molar-refractivity contribution in [3.8, 4) is 0 Å². The fourth-order valence-corrected chi connectivity index (χ4v) is 2.99. The van der Waals surface area contributed by atoms with Crippen molar-refractivity contribution in [1.29, 1.82) is 0 Å². The molecule has 0 aliphatic heterocycles. The average molecular weight is 259 g/mol. The maximum atomic E-state index is 6.24. The third-order valence-corrected chi connectivity index (χ3v) is 4.01.